The number of hydrogen-bond donors (Lipinski definition) is 2. The summed E-state index contributed by atoms with van der Waals surface area (Å²) >= 11 is 0. The molecule has 0 atom stereocenters. The van der Waals surface area contributed by atoms with Gasteiger partial charge in [-0.3, -0.25) is 4.79 Å². The Morgan fingerprint density at radius 1 is 1.35 bits per heavy atom. The molecular weight excluding hydrogens is 314 g/mol. The number of nitrogens with zero attached hydrogens (tertiary/aromatic N) is 1. The third kappa shape index (κ3) is 5.02. The van der Waals surface area contributed by atoms with E-state index in [2.05, 4.69) is 17.1 Å². The Kier molecular flexibility index (Phi) is 5.78. The number of sulfonamides is 1. The molecule has 23 heavy (non-hydrogen) atoms. The van der Waals surface area contributed by atoms with Gasteiger partial charge in [-0.1, -0.05) is 13.0 Å². The fourth-order valence-corrected chi connectivity index (χ4v) is 3.27. The lowest BCUT2D eigenvalue weighted by Crippen LogP contribution is -2.39. The van der Waals surface area contributed by atoms with Crippen molar-refractivity contribution >= 4 is 15.9 Å². The fraction of sp³-hybridized carbons (Fsp3) is 0.562. The van der Waals surface area contributed by atoms with E-state index in [0.717, 1.165) is 31.1 Å². The van der Waals surface area contributed by atoms with Crippen LogP contribution < -0.4 is 10.5 Å². The van der Waals surface area contributed by atoms with Gasteiger partial charge in [0.2, 0.25) is 10.0 Å². The molecule has 0 saturated carbocycles. The summed E-state index contributed by atoms with van der Waals surface area (Å²) in [6.07, 6.45) is 2.40. The predicted molar refractivity (Wildman–Crippen MR) is 89.7 cm³/mol. The Balaban J connectivity index is 1.93. The van der Waals surface area contributed by atoms with E-state index in [9.17, 15) is 13.2 Å². The van der Waals surface area contributed by atoms with Gasteiger partial charge >= 0.3 is 0 Å². The monoisotopic (exact) mass is 339 g/mol. The van der Waals surface area contributed by atoms with Crippen molar-refractivity contribution in [3.63, 3.8) is 0 Å². The van der Waals surface area contributed by atoms with Crippen LogP contribution in [0.1, 0.15) is 35.7 Å². The lowest BCUT2D eigenvalue weighted by atomic mass is 9.99. The summed E-state index contributed by atoms with van der Waals surface area (Å²) in [4.78, 5) is 14.6. The standard InChI is InChI=1S/C16H25N3O3S/c1-12-5-8-19(9-6-12)10-7-18-16(20)15-11-14(23(17,21)22)4-3-13(15)2/h3-4,11-12H,5-10H2,1-2H3,(H,18,20)(H2,17,21,22). The van der Waals surface area contributed by atoms with Crippen LogP contribution >= 0.6 is 0 Å². The molecule has 1 heterocycles. The Bertz CT molecular complexity index is 665. The van der Waals surface area contributed by atoms with E-state index in [-0.39, 0.29) is 10.8 Å². The van der Waals surface area contributed by atoms with Crippen molar-refractivity contribution in [2.24, 2.45) is 11.1 Å². The minimum atomic E-state index is -3.81. The highest BCUT2D eigenvalue weighted by Crippen LogP contribution is 2.16. The molecule has 1 aliphatic rings. The molecule has 0 spiro atoms. The molecule has 0 aromatic heterocycles. The van der Waals surface area contributed by atoms with Crippen LogP contribution in [0.3, 0.4) is 0 Å². The van der Waals surface area contributed by atoms with E-state index in [1.54, 1.807) is 13.0 Å². The smallest absolute Gasteiger partial charge is 0.251 e. The first-order chi connectivity index (χ1) is 10.8. The summed E-state index contributed by atoms with van der Waals surface area (Å²) < 4.78 is 22.8. The second-order valence-electron chi connectivity index (χ2n) is 6.30. The second kappa shape index (κ2) is 7.42. The van der Waals surface area contributed by atoms with Crippen LogP contribution in [0.15, 0.2) is 23.1 Å². The van der Waals surface area contributed by atoms with Gasteiger partial charge in [0.1, 0.15) is 0 Å². The molecule has 1 amide bonds. The largest absolute Gasteiger partial charge is 0.351 e. The SMILES string of the molecule is Cc1ccc(S(N)(=O)=O)cc1C(=O)NCCN1CCC(C)CC1. The van der Waals surface area contributed by atoms with Crippen molar-refractivity contribution in [1.29, 1.82) is 0 Å². The maximum absolute atomic E-state index is 12.3. The van der Waals surface area contributed by atoms with E-state index in [4.69, 9.17) is 5.14 Å². The Labute approximate surface area is 138 Å². The highest BCUT2D eigenvalue weighted by atomic mass is 32.2. The molecule has 128 valence electrons. The van der Waals surface area contributed by atoms with Crippen molar-refractivity contribution in [2.45, 2.75) is 31.6 Å². The Morgan fingerprint density at radius 3 is 2.61 bits per heavy atom. The second-order valence-corrected chi connectivity index (χ2v) is 7.86. The minimum absolute atomic E-state index is 0.0433. The first-order valence-corrected chi connectivity index (χ1v) is 9.46. The van der Waals surface area contributed by atoms with Crippen LogP contribution in [-0.4, -0.2) is 45.4 Å². The average molecular weight is 339 g/mol. The summed E-state index contributed by atoms with van der Waals surface area (Å²) in [5.74, 6) is 0.516. The van der Waals surface area contributed by atoms with Gasteiger partial charge in [-0.15, -0.1) is 0 Å². The topological polar surface area (TPSA) is 92.5 Å². The van der Waals surface area contributed by atoms with Gasteiger partial charge in [-0.2, -0.15) is 0 Å². The van der Waals surface area contributed by atoms with Crippen LogP contribution in [0.4, 0.5) is 0 Å². The summed E-state index contributed by atoms with van der Waals surface area (Å²) in [6, 6.07) is 4.35. The molecule has 1 aliphatic heterocycles. The van der Waals surface area contributed by atoms with Crippen molar-refractivity contribution in [1.82, 2.24) is 10.2 Å². The Hall–Kier alpha value is -1.44. The van der Waals surface area contributed by atoms with Crippen LogP contribution in [0.2, 0.25) is 0 Å². The molecule has 1 aromatic carbocycles. The summed E-state index contributed by atoms with van der Waals surface area (Å²) in [5.41, 5.74) is 1.07. The van der Waals surface area contributed by atoms with Crippen LogP contribution in [0.5, 0.6) is 0 Å². The number of carbonyl (C=O) groups excluding carboxylic acids is 1. The number of carbonyl (C=O) groups is 1. The van der Waals surface area contributed by atoms with Gasteiger partial charge in [0.25, 0.3) is 5.91 Å². The molecule has 6 nitrogen and oxygen atoms in total. The van der Waals surface area contributed by atoms with E-state index >= 15 is 0 Å². The van der Waals surface area contributed by atoms with Crippen molar-refractivity contribution in [3.8, 4) is 0 Å². The lowest BCUT2D eigenvalue weighted by Gasteiger charge is -2.30. The van der Waals surface area contributed by atoms with Crippen LogP contribution in [0, 0.1) is 12.8 Å². The summed E-state index contributed by atoms with van der Waals surface area (Å²) in [6.45, 7) is 7.53. The van der Waals surface area contributed by atoms with Crippen LogP contribution in [-0.2, 0) is 10.0 Å². The molecule has 0 unspecified atom stereocenters. The first-order valence-electron chi connectivity index (χ1n) is 7.91. The number of hydrogen-bond acceptors (Lipinski definition) is 4. The molecule has 3 N–H and O–H groups in total. The number of aryl methyl sites for hydroxylation is 1. The number of nitrogens with two attached hydrogens (primary N) is 1. The predicted octanol–water partition coefficient (Wildman–Crippen LogP) is 1.10. The molecule has 0 radical (unpaired) electrons. The highest BCUT2D eigenvalue weighted by Gasteiger charge is 2.17. The maximum atomic E-state index is 12.3. The van der Waals surface area contributed by atoms with Gasteiger partial charge in [-0.05, 0) is 56.5 Å². The fourth-order valence-electron chi connectivity index (χ4n) is 2.73. The van der Waals surface area contributed by atoms with Crippen molar-refractivity contribution in [3.05, 3.63) is 29.3 Å². The number of benzene rings is 1. The van der Waals surface area contributed by atoms with Crippen LogP contribution in [0.25, 0.3) is 0 Å². The average Bonchev–Trinajstić information content (AvgIpc) is 2.48. The molecule has 1 aromatic rings. The van der Waals surface area contributed by atoms with Gasteiger partial charge in [0.05, 0.1) is 4.90 Å². The van der Waals surface area contributed by atoms with E-state index in [0.29, 0.717) is 12.1 Å². The number of amides is 1. The third-order valence-corrected chi connectivity index (χ3v) is 5.28. The van der Waals surface area contributed by atoms with E-state index in [1.165, 1.54) is 25.0 Å². The van der Waals surface area contributed by atoms with Gasteiger partial charge in [0, 0.05) is 18.7 Å². The minimum Gasteiger partial charge on any atom is -0.351 e. The summed E-state index contributed by atoms with van der Waals surface area (Å²) in [5, 5.41) is 7.98. The molecule has 1 saturated heterocycles. The van der Waals surface area contributed by atoms with Gasteiger partial charge in [-0.25, -0.2) is 13.6 Å². The molecule has 2 rings (SSSR count). The normalized spacial score (nSPS) is 17.2. The summed E-state index contributed by atoms with van der Waals surface area (Å²) in [7, 11) is -3.81. The number of primary sulfonamides is 1. The zero-order valence-electron chi connectivity index (χ0n) is 13.7. The lowest BCUT2D eigenvalue weighted by molar-refractivity contribution is 0.0943. The molecular formula is C16H25N3O3S. The molecule has 0 aliphatic carbocycles. The first kappa shape index (κ1) is 17.9. The molecule has 0 bridgehead atoms. The van der Waals surface area contributed by atoms with Gasteiger partial charge < -0.3 is 10.2 Å². The van der Waals surface area contributed by atoms with E-state index in [1.807, 2.05) is 0 Å². The zero-order valence-corrected chi connectivity index (χ0v) is 14.5. The quantitative estimate of drug-likeness (QED) is 0.840. The molecule has 1 fully saturated rings. The number of nitrogens with one attached hydrogen (secondary N) is 1. The van der Waals surface area contributed by atoms with E-state index < -0.39 is 10.0 Å². The maximum Gasteiger partial charge on any atom is 0.251 e. The van der Waals surface area contributed by atoms with Gasteiger partial charge in [0.15, 0.2) is 0 Å². The third-order valence-electron chi connectivity index (χ3n) is 4.37. The molecule has 7 heteroatoms. The Morgan fingerprint density at radius 2 is 2.00 bits per heavy atom. The number of piperidine rings is 1. The number of likely N-dealkylation sites (tertiary alicyclic amines) is 1. The highest BCUT2D eigenvalue weighted by molar-refractivity contribution is 7.89. The van der Waals surface area contributed by atoms with Crippen molar-refractivity contribution < 1.29 is 13.2 Å². The number of rotatable bonds is 5. The zero-order chi connectivity index (χ0) is 17.0. The van der Waals surface area contributed by atoms with Crippen molar-refractivity contribution in [2.75, 3.05) is 26.2 Å².